The maximum absolute atomic E-state index is 7.83. The Morgan fingerprint density at radius 1 is 0.947 bits per heavy atom. The molecule has 0 radical (unpaired) electrons. The molecule has 0 aliphatic rings. The van der Waals surface area contributed by atoms with E-state index in [-0.39, 0.29) is 5.96 Å². The van der Waals surface area contributed by atoms with E-state index in [2.05, 4.69) is 13.0 Å². The molecule has 2 aromatic carbocycles. The fourth-order valence-electron chi connectivity index (χ4n) is 2.16. The number of aryl methyl sites for hydroxylation is 3. The van der Waals surface area contributed by atoms with Crippen molar-refractivity contribution < 1.29 is 0 Å². The summed E-state index contributed by atoms with van der Waals surface area (Å²) in [4.78, 5) is 1.76. The SMILES string of the molecule is Cc1ccc(N(C(=N)N)c2ccc(C)cc2C)cc1. The van der Waals surface area contributed by atoms with E-state index in [0.717, 1.165) is 16.9 Å². The van der Waals surface area contributed by atoms with Crippen LogP contribution in [0.2, 0.25) is 0 Å². The van der Waals surface area contributed by atoms with Gasteiger partial charge in [0.1, 0.15) is 0 Å². The molecule has 2 aromatic rings. The van der Waals surface area contributed by atoms with Gasteiger partial charge in [0.25, 0.3) is 0 Å². The Kier molecular flexibility index (Phi) is 3.56. The Hall–Kier alpha value is -2.29. The summed E-state index contributed by atoms with van der Waals surface area (Å²) < 4.78 is 0. The molecule has 0 saturated heterocycles. The first kappa shape index (κ1) is 13.1. The maximum Gasteiger partial charge on any atom is 0.197 e. The number of hydrogen-bond acceptors (Lipinski definition) is 1. The highest BCUT2D eigenvalue weighted by atomic mass is 15.2. The molecular formula is C16H19N3. The van der Waals surface area contributed by atoms with Gasteiger partial charge in [-0.15, -0.1) is 0 Å². The number of nitrogens with two attached hydrogens (primary N) is 1. The second kappa shape index (κ2) is 5.14. The fourth-order valence-corrected chi connectivity index (χ4v) is 2.16. The number of anilines is 2. The Morgan fingerprint density at radius 3 is 2.05 bits per heavy atom. The minimum absolute atomic E-state index is 0.0239. The molecule has 0 amide bonds. The molecule has 0 aromatic heterocycles. The van der Waals surface area contributed by atoms with E-state index < -0.39 is 0 Å². The van der Waals surface area contributed by atoms with E-state index in [1.165, 1.54) is 11.1 Å². The molecule has 19 heavy (non-hydrogen) atoms. The monoisotopic (exact) mass is 253 g/mol. The second-order valence-electron chi connectivity index (χ2n) is 4.85. The lowest BCUT2D eigenvalue weighted by Crippen LogP contribution is -2.32. The first-order valence-electron chi connectivity index (χ1n) is 6.27. The zero-order valence-electron chi connectivity index (χ0n) is 11.6. The van der Waals surface area contributed by atoms with Crippen molar-refractivity contribution in [3.63, 3.8) is 0 Å². The Labute approximate surface area is 114 Å². The minimum Gasteiger partial charge on any atom is -0.369 e. The van der Waals surface area contributed by atoms with E-state index in [1.54, 1.807) is 4.90 Å². The van der Waals surface area contributed by atoms with Crippen LogP contribution in [0.4, 0.5) is 11.4 Å². The predicted octanol–water partition coefficient (Wildman–Crippen LogP) is 3.64. The summed E-state index contributed by atoms with van der Waals surface area (Å²) in [5.41, 5.74) is 11.1. The van der Waals surface area contributed by atoms with Crippen LogP contribution in [0.1, 0.15) is 16.7 Å². The maximum atomic E-state index is 7.83. The zero-order valence-corrected chi connectivity index (χ0v) is 11.6. The quantitative estimate of drug-likeness (QED) is 0.634. The summed E-state index contributed by atoms with van der Waals surface area (Å²) in [7, 11) is 0. The van der Waals surface area contributed by atoms with Gasteiger partial charge in [0.2, 0.25) is 0 Å². The van der Waals surface area contributed by atoms with Gasteiger partial charge in [-0.05, 0) is 44.5 Å². The van der Waals surface area contributed by atoms with Crippen molar-refractivity contribution in [2.24, 2.45) is 5.73 Å². The van der Waals surface area contributed by atoms with Gasteiger partial charge >= 0.3 is 0 Å². The first-order chi connectivity index (χ1) is 8.99. The Bertz CT molecular complexity index is 600. The molecule has 0 aliphatic carbocycles. The molecule has 3 nitrogen and oxygen atoms in total. The van der Waals surface area contributed by atoms with Crippen LogP contribution < -0.4 is 10.6 Å². The molecule has 0 aliphatic heterocycles. The van der Waals surface area contributed by atoms with Gasteiger partial charge in [-0.2, -0.15) is 0 Å². The van der Waals surface area contributed by atoms with Gasteiger partial charge < -0.3 is 5.73 Å². The standard InChI is InChI=1S/C16H19N3/c1-11-4-7-14(8-5-11)19(16(17)18)15-9-6-12(2)10-13(15)3/h4-10H,1-3H3,(H3,17,18). The number of guanidine groups is 1. The van der Waals surface area contributed by atoms with Gasteiger partial charge in [0.05, 0.1) is 5.69 Å². The summed E-state index contributed by atoms with van der Waals surface area (Å²) in [5, 5.41) is 7.83. The Balaban J connectivity index is 2.51. The molecule has 0 unspecified atom stereocenters. The topological polar surface area (TPSA) is 53.1 Å². The van der Waals surface area contributed by atoms with Crippen molar-refractivity contribution in [3.8, 4) is 0 Å². The van der Waals surface area contributed by atoms with Crippen LogP contribution in [-0.4, -0.2) is 5.96 Å². The normalized spacial score (nSPS) is 10.3. The highest BCUT2D eigenvalue weighted by Crippen LogP contribution is 2.28. The van der Waals surface area contributed by atoms with Crippen molar-refractivity contribution in [1.29, 1.82) is 5.41 Å². The van der Waals surface area contributed by atoms with Crippen LogP contribution in [0.3, 0.4) is 0 Å². The number of benzene rings is 2. The van der Waals surface area contributed by atoms with Gasteiger partial charge in [0, 0.05) is 5.69 Å². The summed E-state index contributed by atoms with van der Waals surface area (Å²) in [5.74, 6) is 0.0239. The van der Waals surface area contributed by atoms with Crippen LogP contribution in [0.5, 0.6) is 0 Å². The molecule has 0 fully saturated rings. The highest BCUT2D eigenvalue weighted by Gasteiger charge is 2.14. The molecule has 0 atom stereocenters. The van der Waals surface area contributed by atoms with E-state index in [4.69, 9.17) is 11.1 Å². The average Bonchev–Trinajstić information content (AvgIpc) is 2.34. The lowest BCUT2D eigenvalue weighted by Gasteiger charge is -2.25. The van der Waals surface area contributed by atoms with E-state index in [9.17, 15) is 0 Å². The smallest absolute Gasteiger partial charge is 0.197 e. The van der Waals surface area contributed by atoms with E-state index >= 15 is 0 Å². The van der Waals surface area contributed by atoms with Crippen molar-refractivity contribution in [2.45, 2.75) is 20.8 Å². The molecule has 98 valence electrons. The van der Waals surface area contributed by atoms with Crippen LogP contribution in [0.25, 0.3) is 0 Å². The molecule has 0 heterocycles. The van der Waals surface area contributed by atoms with E-state index in [0.29, 0.717) is 0 Å². The van der Waals surface area contributed by atoms with Crippen LogP contribution in [0.15, 0.2) is 42.5 Å². The number of nitrogens with one attached hydrogen (secondary N) is 1. The molecule has 3 heteroatoms. The van der Waals surface area contributed by atoms with Crippen molar-refractivity contribution in [1.82, 2.24) is 0 Å². The number of rotatable bonds is 2. The predicted molar refractivity (Wildman–Crippen MR) is 81.1 cm³/mol. The Morgan fingerprint density at radius 2 is 1.53 bits per heavy atom. The van der Waals surface area contributed by atoms with Crippen LogP contribution in [-0.2, 0) is 0 Å². The summed E-state index contributed by atoms with van der Waals surface area (Å²) in [6.45, 7) is 6.13. The van der Waals surface area contributed by atoms with Gasteiger partial charge in [-0.3, -0.25) is 10.3 Å². The summed E-state index contributed by atoms with van der Waals surface area (Å²) in [6, 6.07) is 14.1. The van der Waals surface area contributed by atoms with Crippen molar-refractivity contribution in [2.75, 3.05) is 4.90 Å². The lowest BCUT2D eigenvalue weighted by atomic mass is 10.1. The van der Waals surface area contributed by atoms with Gasteiger partial charge in [0.15, 0.2) is 5.96 Å². The van der Waals surface area contributed by atoms with Crippen LogP contribution in [0, 0.1) is 26.2 Å². The third-order valence-corrected chi connectivity index (χ3v) is 3.13. The molecule has 0 bridgehead atoms. The minimum atomic E-state index is 0.0239. The third-order valence-electron chi connectivity index (χ3n) is 3.13. The second-order valence-corrected chi connectivity index (χ2v) is 4.85. The largest absolute Gasteiger partial charge is 0.369 e. The van der Waals surface area contributed by atoms with Gasteiger partial charge in [-0.1, -0.05) is 35.4 Å². The van der Waals surface area contributed by atoms with Gasteiger partial charge in [-0.25, -0.2) is 0 Å². The van der Waals surface area contributed by atoms with Crippen molar-refractivity contribution in [3.05, 3.63) is 59.2 Å². The highest BCUT2D eigenvalue weighted by molar-refractivity contribution is 6.00. The number of hydrogen-bond donors (Lipinski definition) is 2. The van der Waals surface area contributed by atoms with E-state index in [1.807, 2.05) is 50.2 Å². The fraction of sp³-hybridized carbons (Fsp3) is 0.188. The first-order valence-corrected chi connectivity index (χ1v) is 6.27. The molecule has 0 spiro atoms. The molecule has 0 saturated carbocycles. The number of nitrogens with zero attached hydrogens (tertiary/aromatic N) is 1. The summed E-state index contributed by atoms with van der Waals surface area (Å²) in [6.07, 6.45) is 0. The third kappa shape index (κ3) is 2.76. The zero-order chi connectivity index (χ0) is 14.0. The van der Waals surface area contributed by atoms with Crippen molar-refractivity contribution >= 4 is 17.3 Å². The average molecular weight is 253 g/mol. The molecule has 3 N–H and O–H groups in total. The molecular weight excluding hydrogens is 234 g/mol. The van der Waals surface area contributed by atoms with Crippen LogP contribution >= 0.6 is 0 Å². The lowest BCUT2D eigenvalue weighted by molar-refractivity contribution is 1.22. The summed E-state index contributed by atoms with van der Waals surface area (Å²) >= 11 is 0. The molecule has 2 rings (SSSR count).